The van der Waals surface area contributed by atoms with Gasteiger partial charge in [0.25, 0.3) is 0 Å². The summed E-state index contributed by atoms with van der Waals surface area (Å²) in [6.45, 7) is 20.5. The minimum absolute atomic E-state index is 0.0323. The lowest BCUT2D eigenvalue weighted by Gasteiger charge is -2.30. The van der Waals surface area contributed by atoms with Gasteiger partial charge in [0.05, 0.1) is 11.1 Å². The van der Waals surface area contributed by atoms with Crippen LogP contribution in [0.2, 0.25) is 0 Å². The van der Waals surface area contributed by atoms with Gasteiger partial charge in [-0.25, -0.2) is 0 Å². The van der Waals surface area contributed by atoms with Gasteiger partial charge in [0, 0.05) is 33.7 Å². The summed E-state index contributed by atoms with van der Waals surface area (Å²) in [6, 6.07) is 16.0. The molecular weight excluding hydrogens is 426 g/mol. The van der Waals surface area contributed by atoms with Crippen molar-refractivity contribution in [2.45, 2.75) is 78.6 Å². The zero-order valence-corrected chi connectivity index (χ0v) is 22.5. The van der Waals surface area contributed by atoms with Crippen LogP contribution in [-0.4, -0.2) is 4.98 Å². The average molecular weight is 462 g/mol. The molecule has 0 unspecified atom stereocenters. The summed E-state index contributed by atoms with van der Waals surface area (Å²) in [6.07, 6.45) is 2.05. The highest BCUT2D eigenvalue weighted by Gasteiger charge is 2.38. The largest absolute Gasteiger partial charge is 0.455 e. The lowest BCUT2D eigenvalue weighted by Crippen LogP contribution is -2.21. The quantitative estimate of drug-likeness (QED) is 0.229. The Bertz CT molecular complexity index is 1680. The molecule has 0 atom stereocenters. The van der Waals surface area contributed by atoms with E-state index in [1.54, 1.807) is 0 Å². The molecule has 0 N–H and O–H groups in total. The molecule has 1 aliphatic carbocycles. The summed E-state index contributed by atoms with van der Waals surface area (Å²) < 4.78 is 6.90. The molecule has 1 aliphatic rings. The van der Waals surface area contributed by atoms with Crippen LogP contribution in [0.15, 0.2) is 53.1 Å². The first-order valence-electron chi connectivity index (χ1n) is 12.7. The minimum Gasteiger partial charge on any atom is -0.455 e. The van der Waals surface area contributed by atoms with Crippen LogP contribution in [0.5, 0.6) is 0 Å². The maximum Gasteiger partial charge on any atom is 0.142 e. The predicted molar refractivity (Wildman–Crippen MR) is 149 cm³/mol. The first kappa shape index (κ1) is 22.3. The Morgan fingerprint density at radius 2 is 1.46 bits per heavy atom. The van der Waals surface area contributed by atoms with Crippen molar-refractivity contribution < 1.29 is 4.42 Å². The van der Waals surface area contributed by atoms with E-state index in [1.165, 1.54) is 49.4 Å². The molecule has 35 heavy (non-hydrogen) atoms. The standard InChI is InChI=1S/C33H35NO/c1-18-10-12-20-19(16-18)11-13-21-27(20)33(8,9)22-14-15-23(31(2,3)4)29-25(22)26-28(21)34-17-24(30(26)35-29)32(5,6)7/h10-17H,1-9H3. The van der Waals surface area contributed by atoms with Gasteiger partial charge in [0.15, 0.2) is 0 Å². The highest BCUT2D eigenvalue weighted by Crippen LogP contribution is 2.53. The third-order valence-electron chi connectivity index (χ3n) is 7.99. The molecule has 5 aromatic rings. The number of benzene rings is 3. The molecule has 0 amide bonds. The first-order chi connectivity index (χ1) is 16.3. The van der Waals surface area contributed by atoms with Gasteiger partial charge in [0.2, 0.25) is 0 Å². The van der Waals surface area contributed by atoms with Crippen LogP contribution in [0.1, 0.15) is 83.2 Å². The van der Waals surface area contributed by atoms with Crippen LogP contribution in [0.25, 0.3) is 44.0 Å². The van der Waals surface area contributed by atoms with Crippen molar-refractivity contribution >= 4 is 32.7 Å². The van der Waals surface area contributed by atoms with Crippen molar-refractivity contribution in [1.29, 1.82) is 0 Å². The van der Waals surface area contributed by atoms with E-state index >= 15 is 0 Å². The number of rotatable bonds is 0. The Kier molecular flexibility index (Phi) is 4.31. The highest BCUT2D eigenvalue weighted by molar-refractivity contribution is 6.17. The number of fused-ring (bicyclic) bond motifs is 4. The smallest absolute Gasteiger partial charge is 0.142 e. The SMILES string of the molecule is Cc1ccc2c3c(ccc2c1)-c1ncc(C(C)(C)C)c2oc4c(C(C)(C)C)ccc(c4c12)C3(C)C. The van der Waals surface area contributed by atoms with Crippen LogP contribution in [-0.2, 0) is 16.2 Å². The predicted octanol–water partition coefficient (Wildman–Crippen LogP) is 9.34. The fraction of sp³-hybridized carbons (Fsp3) is 0.364. The zero-order chi connectivity index (χ0) is 25.1. The van der Waals surface area contributed by atoms with Gasteiger partial charge >= 0.3 is 0 Å². The number of aryl methyl sites for hydroxylation is 1. The normalized spacial score (nSPS) is 15.2. The molecule has 0 fully saturated rings. The van der Waals surface area contributed by atoms with Crippen molar-refractivity contribution in [1.82, 2.24) is 4.98 Å². The molecule has 0 radical (unpaired) electrons. The molecule has 0 spiro atoms. The first-order valence-corrected chi connectivity index (χ1v) is 12.7. The lowest BCUT2D eigenvalue weighted by molar-refractivity contribution is 0.554. The Balaban J connectivity index is 1.90. The Hall–Kier alpha value is -3.13. The lowest BCUT2D eigenvalue weighted by atomic mass is 9.73. The van der Waals surface area contributed by atoms with E-state index in [0.29, 0.717) is 0 Å². The van der Waals surface area contributed by atoms with Crippen LogP contribution in [0.3, 0.4) is 0 Å². The second-order valence-electron chi connectivity index (χ2n) is 13.0. The third kappa shape index (κ3) is 2.98. The van der Waals surface area contributed by atoms with Gasteiger partial charge in [-0.05, 0) is 39.7 Å². The average Bonchev–Trinajstić information content (AvgIpc) is 3.11. The Labute approximate surface area is 208 Å². The molecule has 2 nitrogen and oxygen atoms in total. The van der Waals surface area contributed by atoms with E-state index in [0.717, 1.165) is 22.4 Å². The van der Waals surface area contributed by atoms with Crippen molar-refractivity contribution in [2.75, 3.05) is 0 Å². The van der Waals surface area contributed by atoms with E-state index in [-0.39, 0.29) is 16.2 Å². The number of hydrogen-bond donors (Lipinski definition) is 0. The van der Waals surface area contributed by atoms with Crippen molar-refractivity contribution in [2.24, 2.45) is 0 Å². The molecule has 2 heteroatoms. The monoisotopic (exact) mass is 461 g/mol. The molecule has 3 aromatic carbocycles. The van der Waals surface area contributed by atoms with Crippen LogP contribution < -0.4 is 0 Å². The molecule has 0 bridgehead atoms. The molecule has 0 saturated heterocycles. The zero-order valence-electron chi connectivity index (χ0n) is 22.5. The fourth-order valence-electron chi connectivity index (χ4n) is 6.18. The number of furan rings is 1. The van der Waals surface area contributed by atoms with Gasteiger partial charge in [0.1, 0.15) is 11.2 Å². The maximum absolute atomic E-state index is 6.90. The van der Waals surface area contributed by atoms with Gasteiger partial charge < -0.3 is 4.42 Å². The van der Waals surface area contributed by atoms with E-state index in [2.05, 4.69) is 111 Å². The second-order valence-corrected chi connectivity index (χ2v) is 13.0. The number of nitrogens with zero attached hydrogens (tertiary/aromatic N) is 1. The number of aromatic nitrogens is 1. The third-order valence-corrected chi connectivity index (χ3v) is 7.99. The van der Waals surface area contributed by atoms with Crippen molar-refractivity contribution in [3.8, 4) is 11.3 Å². The molecule has 2 aromatic heterocycles. The molecule has 2 heterocycles. The Morgan fingerprint density at radius 3 is 2.14 bits per heavy atom. The van der Waals surface area contributed by atoms with Gasteiger partial charge in [-0.1, -0.05) is 103 Å². The summed E-state index contributed by atoms with van der Waals surface area (Å²) in [5.74, 6) is 0. The molecule has 178 valence electrons. The van der Waals surface area contributed by atoms with Crippen LogP contribution in [0, 0.1) is 6.92 Å². The minimum atomic E-state index is -0.224. The van der Waals surface area contributed by atoms with Gasteiger partial charge in [-0.15, -0.1) is 0 Å². The van der Waals surface area contributed by atoms with Crippen molar-refractivity contribution in [3.63, 3.8) is 0 Å². The maximum atomic E-state index is 6.90. The molecule has 6 rings (SSSR count). The number of pyridine rings is 1. The summed E-state index contributed by atoms with van der Waals surface area (Å²) in [5.41, 5.74) is 10.3. The number of hydrogen-bond acceptors (Lipinski definition) is 2. The Morgan fingerprint density at radius 1 is 0.771 bits per heavy atom. The molecule has 0 saturated carbocycles. The van der Waals surface area contributed by atoms with Crippen LogP contribution in [0.4, 0.5) is 0 Å². The highest BCUT2D eigenvalue weighted by atomic mass is 16.3. The van der Waals surface area contributed by atoms with Crippen LogP contribution >= 0.6 is 0 Å². The molecular formula is C33H35NO. The van der Waals surface area contributed by atoms with E-state index in [4.69, 9.17) is 9.40 Å². The molecule has 0 aliphatic heterocycles. The summed E-state index contributed by atoms with van der Waals surface area (Å²) in [7, 11) is 0. The summed E-state index contributed by atoms with van der Waals surface area (Å²) in [5, 5.41) is 5.01. The van der Waals surface area contributed by atoms with E-state index in [1.807, 2.05) is 0 Å². The topological polar surface area (TPSA) is 26.0 Å². The summed E-state index contributed by atoms with van der Waals surface area (Å²) >= 11 is 0. The van der Waals surface area contributed by atoms with E-state index in [9.17, 15) is 0 Å². The van der Waals surface area contributed by atoms with Gasteiger partial charge in [-0.2, -0.15) is 0 Å². The second kappa shape index (κ2) is 6.75. The summed E-state index contributed by atoms with van der Waals surface area (Å²) in [4.78, 5) is 5.18. The van der Waals surface area contributed by atoms with Gasteiger partial charge in [-0.3, -0.25) is 4.98 Å². The van der Waals surface area contributed by atoms with Crippen molar-refractivity contribution in [3.05, 3.63) is 76.5 Å². The van der Waals surface area contributed by atoms with E-state index < -0.39 is 0 Å². The fourth-order valence-corrected chi connectivity index (χ4v) is 6.18.